The first-order valence-electron chi connectivity index (χ1n) is 8.91. The van der Waals surface area contributed by atoms with Crippen molar-refractivity contribution >= 4 is 0 Å². The summed E-state index contributed by atoms with van der Waals surface area (Å²) in [6, 6.07) is 0. The van der Waals surface area contributed by atoms with Gasteiger partial charge in [-0.05, 0) is 58.6 Å². The molecule has 4 rings (SSSR count). The highest BCUT2D eigenvalue weighted by molar-refractivity contribution is 5.33. The lowest BCUT2D eigenvalue weighted by molar-refractivity contribution is 0.136. The summed E-state index contributed by atoms with van der Waals surface area (Å²) in [5, 5.41) is 12.3. The molecule has 1 aliphatic heterocycles. The summed E-state index contributed by atoms with van der Waals surface area (Å²) in [5.41, 5.74) is 7.12. The van der Waals surface area contributed by atoms with Crippen molar-refractivity contribution in [3.8, 4) is 0 Å². The highest BCUT2D eigenvalue weighted by atomic mass is 15.3. The first-order chi connectivity index (χ1) is 11.1. The van der Waals surface area contributed by atoms with Crippen molar-refractivity contribution < 1.29 is 0 Å². The second-order valence-corrected chi connectivity index (χ2v) is 7.33. The number of aromatic amines is 1. The maximum atomic E-state index is 4.68. The minimum atomic E-state index is 0.312. The van der Waals surface area contributed by atoms with Crippen LogP contribution in [0.15, 0.2) is 6.20 Å². The Kier molecular flexibility index (Phi) is 3.56. The topological polar surface area (TPSA) is 49.7 Å². The van der Waals surface area contributed by atoms with Gasteiger partial charge >= 0.3 is 0 Å². The van der Waals surface area contributed by atoms with Crippen LogP contribution in [0.3, 0.4) is 0 Å². The number of nitrogens with zero attached hydrogens (tertiary/aromatic N) is 4. The van der Waals surface area contributed by atoms with Crippen molar-refractivity contribution in [2.75, 3.05) is 13.1 Å². The van der Waals surface area contributed by atoms with Gasteiger partial charge < -0.3 is 0 Å². The number of hydrogen-bond acceptors (Lipinski definition) is 3. The van der Waals surface area contributed by atoms with E-state index < -0.39 is 0 Å². The van der Waals surface area contributed by atoms with Crippen LogP contribution in [0.2, 0.25) is 0 Å². The second-order valence-electron chi connectivity index (χ2n) is 7.33. The van der Waals surface area contributed by atoms with Crippen molar-refractivity contribution in [3.63, 3.8) is 0 Å². The molecule has 1 atom stereocenters. The van der Waals surface area contributed by atoms with E-state index in [-0.39, 0.29) is 0 Å². The lowest BCUT2D eigenvalue weighted by Gasteiger charge is -2.40. The van der Waals surface area contributed by atoms with E-state index in [2.05, 4.69) is 45.6 Å². The molecule has 1 unspecified atom stereocenters. The van der Waals surface area contributed by atoms with Gasteiger partial charge in [0, 0.05) is 42.0 Å². The third kappa shape index (κ3) is 2.33. The summed E-state index contributed by atoms with van der Waals surface area (Å²) in [4.78, 5) is 2.64. The quantitative estimate of drug-likeness (QED) is 0.948. The van der Waals surface area contributed by atoms with Gasteiger partial charge in [0.1, 0.15) is 0 Å². The van der Waals surface area contributed by atoms with Crippen molar-refractivity contribution in [3.05, 3.63) is 34.4 Å². The molecule has 2 aromatic heterocycles. The van der Waals surface area contributed by atoms with Crippen LogP contribution >= 0.6 is 0 Å². The molecule has 5 nitrogen and oxygen atoms in total. The molecule has 0 aromatic carbocycles. The number of hydrogen-bond donors (Lipinski definition) is 1. The number of rotatable bonds is 3. The molecule has 1 saturated heterocycles. The molecule has 0 saturated carbocycles. The lowest BCUT2D eigenvalue weighted by Crippen LogP contribution is -2.44. The highest BCUT2D eigenvalue weighted by Crippen LogP contribution is 2.44. The van der Waals surface area contributed by atoms with Crippen LogP contribution in [0, 0.1) is 13.8 Å². The van der Waals surface area contributed by atoms with E-state index in [9.17, 15) is 0 Å². The number of aryl methyl sites for hydroxylation is 3. The minimum absolute atomic E-state index is 0.312. The molecule has 23 heavy (non-hydrogen) atoms. The Bertz CT molecular complexity index is 713. The Hall–Kier alpha value is -1.62. The van der Waals surface area contributed by atoms with Crippen molar-refractivity contribution in [1.29, 1.82) is 0 Å². The molecule has 0 radical (unpaired) electrons. The standard InChI is InChI=1S/C18H27N5/c1-4-23-14(3)16(13(2)21-23)11-22-9-5-7-18(12-22)8-6-15-10-19-20-17(15)18/h10H,4-9,11-12H2,1-3H3,(H,19,20). The van der Waals surface area contributed by atoms with Crippen molar-refractivity contribution in [2.24, 2.45) is 0 Å². The van der Waals surface area contributed by atoms with Gasteiger partial charge in [0.2, 0.25) is 0 Å². The molecule has 124 valence electrons. The molecular formula is C18H27N5. The van der Waals surface area contributed by atoms with E-state index >= 15 is 0 Å². The van der Waals surface area contributed by atoms with E-state index in [1.165, 1.54) is 60.4 Å². The van der Waals surface area contributed by atoms with Crippen LogP contribution in [0.1, 0.15) is 54.4 Å². The van der Waals surface area contributed by atoms with Gasteiger partial charge in [0.05, 0.1) is 11.9 Å². The van der Waals surface area contributed by atoms with Crippen LogP contribution in [-0.4, -0.2) is 38.0 Å². The zero-order chi connectivity index (χ0) is 16.0. The van der Waals surface area contributed by atoms with Crippen LogP contribution in [-0.2, 0) is 24.9 Å². The van der Waals surface area contributed by atoms with Crippen LogP contribution in [0.5, 0.6) is 0 Å². The average Bonchev–Trinajstić information content (AvgIpc) is 3.21. The van der Waals surface area contributed by atoms with Crippen LogP contribution < -0.4 is 0 Å². The summed E-state index contributed by atoms with van der Waals surface area (Å²) in [6.07, 6.45) is 7.07. The highest BCUT2D eigenvalue weighted by Gasteiger charge is 2.43. The molecule has 1 fully saturated rings. The summed E-state index contributed by atoms with van der Waals surface area (Å²) in [6.45, 7) is 10.9. The van der Waals surface area contributed by atoms with Gasteiger partial charge in [-0.3, -0.25) is 14.7 Å². The summed E-state index contributed by atoms with van der Waals surface area (Å²) in [5.74, 6) is 0. The molecule has 0 bridgehead atoms. The monoisotopic (exact) mass is 313 g/mol. The fraction of sp³-hybridized carbons (Fsp3) is 0.667. The lowest BCUT2D eigenvalue weighted by atomic mass is 9.77. The minimum Gasteiger partial charge on any atom is -0.298 e. The third-order valence-corrected chi connectivity index (χ3v) is 5.99. The SMILES string of the molecule is CCn1nc(C)c(CN2CCCC3(CCc4cn[nH]c43)C2)c1C. The molecule has 2 aliphatic rings. The van der Waals surface area contributed by atoms with E-state index in [0.29, 0.717) is 5.41 Å². The van der Waals surface area contributed by atoms with Crippen LogP contribution in [0.25, 0.3) is 0 Å². The smallest absolute Gasteiger partial charge is 0.0641 e. The second kappa shape index (κ2) is 5.48. The third-order valence-electron chi connectivity index (χ3n) is 5.99. The fourth-order valence-corrected chi connectivity index (χ4v) is 4.72. The van der Waals surface area contributed by atoms with Gasteiger partial charge in [-0.2, -0.15) is 10.2 Å². The summed E-state index contributed by atoms with van der Waals surface area (Å²) < 4.78 is 2.13. The molecule has 1 spiro atoms. The number of piperidine rings is 1. The van der Waals surface area contributed by atoms with E-state index in [0.717, 1.165) is 19.6 Å². The van der Waals surface area contributed by atoms with Gasteiger partial charge in [-0.25, -0.2) is 0 Å². The number of likely N-dealkylation sites (tertiary alicyclic amines) is 1. The number of fused-ring (bicyclic) bond motifs is 2. The van der Waals surface area contributed by atoms with E-state index in [1.54, 1.807) is 0 Å². The molecule has 1 aliphatic carbocycles. The molecule has 5 heteroatoms. The van der Waals surface area contributed by atoms with Crippen molar-refractivity contribution in [2.45, 2.75) is 65.0 Å². The van der Waals surface area contributed by atoms with Crippen LogP contribution in [0.4, 0.5) is 0 Å². The average molecular weight is 313 g/mol. The normalized spacial score (nSPS) is 24.5. The Morgan fingerprint density at radius 2 is 2.17 bits per heavy atom. The Balaban J connectivity index is 1.56. The maximum Gasteiger partial charge on any atom is 0.0641 e. The van der Waals surface area contributed by atoms with Gasteiger partial charge in [0.15, 0.2) is 0 Å². The molecule has 1 N–H and O–H groups in total. The largest absolute Gasteiger partial charge is 0.298 e. The Labute approximate surface area is 138 Å². The first-order valence-corrected chi connectivity index (χ1v) is 8.91. The van der Waals surface area contributed by atoms with Gasteiger partial charge in [-0.15, -0.1) is 0 Å². The van der Waals surface area contributed by atoms with Gasteiger partial charge in [-0.1, -0.05) is 0 Å². The molecule has 2 aromatic rings. The van der Waals surface area contributed by atoms with Crippen molar-refractivity contribution in [1.82, 2.24) is 24.9 Å². The zero-order valence-electron chi connectivity index (χ0n) is 14.5. The number of H-pyrrole nitrogens is 1. The summed E-state index contributed by atoms with van der Waals surface area (Å²) >= 11 is 0. The van der Waals surface area contributed by atoms with E-state index in [4.69, 9.17) is 0 Å². The predicted molar refractivity (Wildman–Crippen MR) is 90.5 cm³/mol. The number of nitrogens with one attached hydrogen (secondary N) is 1. The maximum absolute atomic E-state index is 4.68. The summed E-state index contributed by atoms with van der Waals surface area (Å²) in [7, 11) is 0. The Morgan fingerprint density at radius 3 is 2.96 bits per heavy atom. The molecule has 0 amide bonds. The van der Waals surface area contributed by atoms with E-state index in [1.807, 2.05) is 6.20 Å². The van der Waals surface area contributed by atoms with Gasteiger partial charge in [0.25, 0.3) is 0 Å². The Morgan fingerprint density at radius 1 is 1.30 bits per heavy atom. The fourth-order valence-electron chi connectivity index (χ4n) is 4.72. The first kappa shape index (κ1) is 14.9. The number of aromatic nitrogens is 4. The zero-order valence-corrected chi connectivity index (χ0v) is 14.5. The molecular weight excluding hydrogens is 286 g/mol. The predicted octanol–water partition coefficient (Wildman–Crippen LogP) is 2.72. The molecule has 3 heterocycles.